The second-order valence-electron chi connectivity index (χ2n) is 15.0. The van der Waals surface area contributed by atoms with E-state index in [-0.39, 0.29) is 33.5 Å². The highest BCUT2D eigenvalue weighted by Crippen LogP contribution is 2.72. The van der Waals surface area contributed by atoms with Crippen LogP contribution in [0.5, 0.6) is 51.7 Å². The van der Waals surface area contributed by atoms with Gasteiger partial charge in [-0.1, -0.05) is 0 Å². The zero-order valence-corrected chi connectivity index (χ0v) is 32.6. The van der Waals surface area contributed by atoms with E-state index in [1.54, 1.807) is 42.7 Å². The molecule has 0 aromatic heterocycles. The molecule has 0 saturated heterocycles. The van der Waals surface area contributed by atoms with Crippen LogP contribution >= 0.6 is 0 Å². The minimum absolute atomic E-state index is 0.0241. The molecule has 4 aromatic rings. The molecule has 8 rings (SSSR count). The molecule has 4 aliphatic rings. The summed E-state index contributed by atoms with van der Waals surface area (Å²) in [5.41, 5.74) is 0.189. The van der Waals surface area contributed by atoms with Crippen molar-refractivity contribution in [2.75, 3.05) is 42.7 Å². The number of nitro benzene ring substituents is 3. The van der Waals surface area contributed by atoms with Gasteiger partial charge in [-0.15, -0.1) is 0 Å². The molecule has 3 N–H and O–H groups in total. The molecule has 4 aliphatic carbocycles. The molecule has 18 heteroatoms. The van der Waals surface area contributed by atoms with Gasteiger partial charge in [0.05, 0.1) is 75.6 Å². The summed E-state index contributed by atoms with van der Waals surface area (Å²) in [5.74, 6) is 2.50. The molecular weight excluding hydrogens is 762 g/mol. The molecule has 0 radical (unpaired) electrons. The van der Waals surface area contributed by atoms with Crippen molar-refractivity contribution in [2.45, 2.75) is 54.8 Å². The Morgan fingerprint density at radius 1 is 0.448 bits per heavy atom. The summed E-state index contributed by atoms with van der Waals surface area (Å²) >= 11 is 0. The molecule has 18 nitrogen and oxygen atoms in total. The number of ether oxygens (including phenoxy) is 6. The molecule has 308 valence electrons. The van der Waals surface area contributed by atoms with Gasteiger partial charge in [-0.3, -0.25) is 30.3 Å². The normalized spacial score (nSPS) is 22.6. The number of hydrogen-bond donors (Lipinski definition) is 3. The standard InChI is InChI=1S/C34H40O9.C6H3N3O6/c1-38-23-7-20(8-24(39-2)29(23)35)32-13-19-14-33(16-32,21-9-25(40-3)30(36)26(10-21)41-4)18-34(15-19,17-32)22-11-27(42-5)31(37)28(12-22)43-6;10-7(11)4-1-5(8(12)13)3-6(2-4)9(14)15/h7-12,19,35-37H,13-18H2,1-6H3;1-3H. The molecule has 0 heterocycles. The third kappa shape index (κ3) is 6.98. The Hall–Kier alpha value is -6.72. The molecule has 4 bridgehead atoms. The lowest BCUT2D eigenvalue weighted by Gasteiger charge is -2.67. The third-order valence-electron chi connectivity index (χ3n) is 11.9. The monoisotopic (exact) mass is 805 g/mol. The first kappa shape index (κ1) is 40.9. The maximum atomic E-state index is 10.8. The van der Waals surface area contributed by atoms with Gasteiger partial charge < -0.3 is 43.7 Å². The first-order valence-electron chi connectivity index (χ1n) is 18.0. The van der Waals surface area contributed by atoms with Crippen LogP contribution in [0.2, 0.25) is 0 Å². The summed E-state index contributed by atoms with van der Waals surface area (Å²) in [5, 5.41) is 63.3. The Bertz CT molecular complexity index is 1950. The average molecular weight is 806 g/mol. The number of nitro groups is 3. The topological polar surface area (TPSA) is 245 Å². The second kappa shape index (κ2) is 15.3. The molecule has 0 spiro atoms. The zero-order chi connectivity index (χ0) is 42.3. The molecule has 58 heavy (non-hydrogen) atoms. The molecule has 0 unspecified atom stereocenters. The van der Waals surface area contributed by atoms with Crippen molar-refractivity contribution >= 4 is 17.1 Å². The van der Waals surface area contributed by atoms with Gasteiger partial charge in [-0.2, -0.15) is 0 Å². The number of nitrogens with zero attached hydrogens (tertiary/aromatic N) is 3. The number of benzene rings is 4. The number of hydrogen-bond acceptors (Lipinski definition) is 15. The molecule has 0 atom stereocenters. The number of phenols is 3. The highest BCUT2D eigenvalue weighted by atomic mass is 16.6. The lowest BCUT2D eigenvalue weighted by molar-refractivity contribution is -0.403. The molecule has 4 aromatic carbocycles. The largest absolute Gasteiger partial charge is 0.502 e. The fourth-order valence-corrected chi connectivity index (χ4v) is 9.90. The molecular formula is C40H43N3O15. The summed E-state index contributed by atoms with van der Waals surface area (Å²) in [4.78, 5) is 28.1. The van der Waals surface area contributed by atoms with E-state index in [9.17, 15) is 45.7 Å². The van der Waals surface area contributed by atoms with Gasteiger partial charge in [-0.25, -0.2) is 0 Å². The highest BCUT2D eigenvalue weighted by molar-refractivity contribution is 5.60. The van der Waals surface area contributed by atoms with Gasteiger partial charge in [0.15, 0.2) is 34.5 Å². The van der Waals surface area contributed by atoms with Crippen LogP contribution in [0.4, 0.5) is 17.1 Å². The van der Waals surface area contributed by atoms with Crippen molar-refractivity contribution in [3.05, 3.63) is 102 Å². The maximum absolute atomic E-state index is 10.8. The maximum Gasteiger partial charge on any atom is 0.283 e. The van der Waals surface area contributed by atoms with E-state index in [2.05, 4.69) is 0 Å². The van der Waals surface area contributed by atoms with E-state index in [0.717, 1.165) is 55.2 Å². The third-order valence-corrected chi connectivity index (χ3v) is 11.9. The zero-order valence-electron chi connectivity index (χ0n) is 32.6. The Morgan fingerprint density at radius 2 is 0.655 bits per heavy atom. The Balaban J connectivity index is 0.000000319. The van der Waals surface area contributed by atoms with Gasteiger partial charge in [0.2, 0.25) is 17.2 Å². The Labute approximate surface area is 331 Å². The summed E-state index contributed by atoms with van der Waals surface area (Å²) in [7, 11) is 9.28. The number of non-ortho nitro benzene ring substituents is 3. The van der Waals surface area contributed by atoms with Crippen molar-refractivity contribution in [1.82, 2.24) is 0 Å². The van der Waals surface area contributed by atoms with Crippen LogP contribution in [0, 0.1) is 36.3 Å². The van der Waals surface area contributed by atoms with Crippen molar-refractivity contribution in [3.8, 4) is 51.7 Å². The lowest BCUT2D eigenvalue weighted by Crippen LogP contribution is -2.62. The van der Waals surface area contributed by atoms with Crippen LogP contribution in [-0.2, 0) is 16.2 Å². The first-order chi connectivity index (χ1) is 27.5. The molecule has 0 aliphatic heterocycles. The van der Waals surface area contributed by atoms with E-state index >= 15 is 0 Å². The highest BCUT2D eigenvalue weighted by Gasteiger charge is 2.65. The van der Waals surface area contributed by atoms with Crippen LogP contribution in [-0.4, -0.2) is 72.7 Å². The fraction of sp³-hybridized carbons (Fsp3) is 0.400. The van der Waals surface area contributed by atoms with Gasteiger partial charge in [0.25, 0.3) is 17.1 Å². The van der Waals surface area contributed by atoms with Crippen LogP contribution in [0.3, 0.4) is 0 Å². The molecule has 4 saturated carbocycles. The predicted molar refractivity (Wildman–Crippen MR) is 206 cm³/mol. The van der Waals surface area contributed by atoms with Gasteiger partial charge >= 0.3 is 0 Å². The van der Waals surface area contributed by atoms with E-state index in [1.165, 1.54) is 0 Å². The van der Waals surface area contributed by atoms with E-state index in [4.69, 9.17) is 28.4 Å². The second-order valence-corrected chi connectivity index (χ2v) is 15.0. The minimum Gasteiger partial charge on any atom is -0.502 e. The fourth-order valence-electron chi connectivity index (χ4n) is 9.90. The number of rotatable bonds is 12. The average Bonchev–Trinajstić information content (AvgIpc) is 3.20. The van der Waals surface area contributed by atoms with Crippen molar-refractivity contribution in [1.29, 1.82) is 0 Å². The number of methoxy groups -OCH3 is 6. The van der Waals surface area contributed by atoms with Crippen LogP contribution in [0.25, 0.3) is 0 Å². The number of phenolic OH excluding ortho intramolecular Hbond substituents is 3. The van der Waals surface area contributed by atoms with Crippen molar-refractivity contribution in [2.24, 2.45) is 5.92 Å². The van der Waals surface area contributed by atoms with Crippen LogP contribution in [0.1, 0.15) is 55.2 Å². The quantitative estimate of drug-likeness (QED) is 0.0934. The molecule has 0 amide bonds. The van der Waals surface area contributed by atoms with E-state index < -0.39 is 31.8 Å². The van der Waals surface area contributed by atoms with Crippen molar-refractivity contribution < 1.29 is 58.5 Å². The summed E-state index contributed by atoms with van der Waals surface area (Å²) in [6.07, 6.45) is 5.39. The summed E-state index contributed by atoms with van der Waals surface area (Å²) in [6, 6.07) is 13.7. The number of aromatic hydroxyl groups is 3. The SMILES string of the molecule is COc1cc(C23CC4CC(c5cc(OC)c(O)c(OC)c5)(C2)CC(c2cc(OC)c(O)c(OC)c2)(C4)C3)cc(OC)c1O.O=[N+]([O-])c1cc([N+](=O)[O-])cc([N+](=O)[O-])c1. The lowest BCUT2D eigenvalue weighted by atomic mass is 9.36. The minimum atomic E-state index is -0.931. The summed E-state index contributed by atoms with van der Waals surface area (Å²) < 4.78 is 33.6. The van der Waals surface area contributed by atoms with Crippen LogP contribution < -0.4 is 28.4 Å². The first-order valence-corrected chi connectivity index (χ1v) is 18.0. The predicted octanol–water partition coefficient (Wildman–Crippen LogP) is 7.38. The van der Waals surface area contributed by atoms with Gasteiger partial charge in [0.1, 0.15) is 0 Å². The van der Waals surface area contributed by atoms with E-state index in [1.807, 2.05) is 36.4 Å². The smallest absolute Gasteiger partial charge is 0.283 e. The van der Waals surface area contributed by atoms with Gasteiger partial charge in [0, 0.05) is 0 Å². The Morgan fingerprint density at radius 3 is 0.828 bits per heavy atom. The Kier molecular flexibility index (Phi) is 10.8. The van der Waals surface area contributed by atoms with Crippen molar-refractivity contribution in [3.63, 3.8) is 0 Å². The molecule has 4 fully saturated rings. The summed E-state index contributed by atoms with van der Waals surface area (Å²) in [6.45, 7) is 0. The van der Waals surface area contributed by atoms with Crippen LogP contribution in [0.15, 0.2) is 54.6 Å². The van der Waals surface area contributed by atoms with Gasteiger partial charge in [-0.05, 0) is 114 Å². The van der Waals surface area contributed by atoms with E-state index in [0.29, 0.717) is 58.6 Å².